The van der Waals surface area contributed by atoms with Crippen molar-refractivity contribution in [2.75, 3.05) is 0 Å². The quantitative estimate of drug-likeness (QED) is 0.691. The number of hydrogen-bond donors (Lipinski definition) is 0. The molecule has 4 nitrogen and oxygen atoms in total. The zero-order valence-corrected chi connectivity index (χ0v) is 8.66. The average molecular weight is 207 g/mol. The van der Waals surface area contributed by atoms with Gasteiger partial charge in [0.2, 0.25) is 0 Å². The molecule has 0 aliphatic carbocycles. The number of carbonyl (C=O) groups excluding carboxylic acids is 2. The normalized spacial score (nSPS) is 14.9. The summed E-state index contributed by atoms with van der Waals surface area (Å²) in [6.07, 6.45) is 1.49. The fourth-order valence-electron chi connectivity index (χ4n) is 1.84. The van der Waals surface area contributed by atoms with Crippen LogP contribution in [-0.2, 0) is 22.7 Å². The summed E-state index contributed by atoms with van der Waals surface area (Å²) in [4.78, 5) is 22.2. The maximum Gasteiger partial charge on any atom is 0.303 e. The third kappa shape index (κ3) is 1.93. The van der Waals surface area contributed by atoms with Gasteiger partial charge in [-0.05, 0) is 18.6 Å². The van der Waals surface area contributed by atoms with Crippen molar-refractivity contribution in [1.82, 2.24) is 4.57 Å². The van der Waals surface area contributed by atoms with E-state index in [0.717, 1.165) is 24.4 Å². The number of rotatable bonds is 2. The molecule has 0 bridgehead atoms. The van der Waals surface area contributed by atoms with E-state index < -0.39 is 0 Å². The monoisotopic (exact) mass is 207 g/mol. The van der Waals surface area contributed by atoms with E-state index in [9.17, 15) is 9.59 Å². The SMILES string of the molecule is CC(=O)OCc1ccc2n1CCCC2=O. The van der Waals surface area contributed by atoms with Crippen LogP contribution in [0.2, 0.25) is 0 Å². The van der Waals surface area contributed by atoms with Gasteiger partial charge in [-0.25, -0.2) is 0 Å². The molecule has 1 aliphatic rings. The Morgan fingerprint density at radius 2 is 2.33 bits per heavy atom. The lowest BCUT2D eigenvalue weighted by Crippen LogP contribution is -2.18. The predicted molar refractivity (Wildman–Crippen MR) is 53.5 cm³/mol. The Balaban J connectivity index is 2.19. The van der Waals surface area contributed by atoms with Crippen molar-refractivity contribution in [2.24, 2.45) is 0 Å². The number of ether oxygens (including phenoxy) is 1. The van der Waals surface area contributed by atoms with Crippen LogP contribution >= 0.6 is 0 Å². The van der Waals surface area contributed by atoms with Crippen LogP contribution in [0.4, 0.5) is 0 Å². The van der Waals surface area contributed by atoms with E-state index in [4.69, 9.17) is 4.74 Å². The maximum atomic E-state index is 11.5. The first-order chi connectivity index (χ1) is 7.18. The highest BCUT2D eigenvalue weighted by molar-refractivity contribution is 5.95. The number of aromatic nitrogens is 1. The largest absolute Gasteiger partial charge is 0.459 e. The molecule has 0 saturated carbocycles. The first-order valence-corrected chi connectivity index (χ1v) is 5.03. The van der Waals surface area contributed by atoms with Crippen LogP contribution in [-0.4, -0.2) is 16.3 Å². The number of hydrogen-bond acceptors (Lipinski definition) is 3. The molecule has 0 fully saturated rings. The molecule has 1 aromatic heterocycles. The molecule has 0 saturated heterocycles. The molecule has 0 amide bonds. The van der Waals surface area contributed by atoms with Crippen LogP contribution in [0.25, 0.3) is 0 Å². The zero-order valence-electron chi connectivity index (χ0n) is 8.66. The van der Waals surface area contributed by atoms with Gasteiger partial charge in [0.1, 0.15) is 6.61 Å². The highest BCUT2D eigenvalue weighted by Crippen LogP contribution is 2.19. The van der Waals surface area contributed by atoms with Crippen LogP contribution in [0.3, 0.4) is 0 Å². The van der Waals surface area contributed by atoms with Crippen molar-refractivity contribution in [3.63, 3.8) is 0 Å². The topological polar surface area (TPSA) is 48.3 Å². The van der Waals surface area contributed by atoms with E-state index in [1.165, 1.54) is 6.92 Å². The molecule has 0 spiro atoms. The van der Waals surface area contributed by atoms with Gasteiger partial charge in [-0.1, -0.05) is 0 Å². The fourth-order valence-corrected chi connectivity index (χ4v) is 1.84. The van der Waals surface area contributed by atoms with E-state index >= 15 is 0 Å². The lowest BCUT2D eigenvalue weighted by molar-refractivity contribution is -0.142. The molecule has 2 rings (SSSR count). The van der Waals surface area contributed by atoms with Gasteiger partial charge in [-0.15, -0.1) is 0 Å². The molecule has 0 radical (unpaired) electrons. The van der Waals surface area contributed by atoms with E-state index in [1.54, 1.807) is 6.07 Å². The van der Waals surface area contributed by atoms with Gasteiger partial charge in [-0.2, -0.15) is 0 Å². The highest BCUT2D eigenvalue weighted by Gasteiger charge is 2.19. The van der Waals surface area contributed by atoms with Gasteiger partial charge in [0.25, 0.3) is 0 Å². The first kappa shape index (κ1) is 9.96. The Kier molecular flexibility index (Phi) is 2.58. The predicted octanol–water partition coefficient (Wildman–Crippen LogP) is 1.53. The lowest BCUT2D eigenvalue weighted by Gasteiger charge is -2.16. The number of nitrogens with zero attached hydrogens (tertiary/aromatic N) is 1. The van der Waals surface area contributed by atoms with Gasteiger partial charge < -0.3 is 9.30 Å². The summed E-state index contributed by atoms with van der Waals surface area (Å²) < 4.78 is 6.86. The molecule has 0 atom stereocenters. The number of Topliss-reactive ketones (excluding diaryl/α,β-unsaturated/α-hetero) is 1. The second-order valence-corrected chi connectivity index (χ2v) is 3.67. The summed E-state index contributed by atoms with van der Waals surface area (Å²) in [5, 5.41) is 0. The molecule has 2 heterocycles. The van der Waals surface area contributed by atoms with Crippen molar-refractivity contribution < 1.29 is 14.3 Å². The Morgan fingerprint density at radius 3 is 3.07 bits per heavy atom. The summed E-state index contributed by atoms with van der Waals surface area (Å²) in [5.74, 6) is -0.122. The second kappa shape index (κ2) is 3.88. The van der Waals surface area contributed by atoms with Gasteiger partial charge in [-0.3, -0.25) is 9.59 Å². The van der Waals surface area contributed by atoms with E-state index in [2.05, 4.69) is 0 Å². The Bertz CT molecular complexity index is 406. The number of ketones is 1. The van der Waals surface area contributed by atoms with Crippen LogP contribution in [0, 0.1) is 0 Å². The molecule has 0 unspecified atom stereocenters. The Labute approximate surface area is 87.8 Å². The van der Waals surface area contributed by atoms with Gasteiger partial charge in [0.05, 0.1) is 11.4 Å². The van der Waals surface area contributed by atoms with Crippen LogP contribution < -0.4 is 0 Å². The van der Waals surface area contributed by atoms with Crippen molar-refractivity contribution in [3.8, 4) is 0 Å². The lowest BCUT2D eigenvalue weighted by atomic mass is 10.1. The van der Waals surface area contributed by atoms with Crippen molar-refractivity contribution >= 4 is 11.8 Å². The van der Waals surface area contributed by atoms with E-state index in [1.807, 2.05) is 10.6 Å². The number of fused-ring (bicyclic) bond motifs is 1. The third-order valence-electron chi connectivity index (χ3n) is 2.57. The average Bonchev–Trinajstić information content (AvgIpc) is 2.59. The van der Waals surface area contributed by atoms with Crippen LogP contribution in [0.1, 0.15) is 35.9 Å². The molecule has 15 heavy (non-hydrogen) atoms. The van der Waals surface area contributed by atoms with Gasteiger partial charge >= 0.3 is 5.97 Å². The summed E-state index contributed by atoms with van der Waals surface area (Å²) in [6, 6.07) is 3.65. The van der Waals surface area contributed by atoms with Crippen molar-refractivity contribution in [1.29, 1.82) is 0 Å². The summed E-state index contributed by atoms with van der Waals surface area (Å²) in [6.45, 7) is 2.47. The minimum Gasteiger partial charge on any atom is -0.459 e. The zero-order chi connectivity index (χ0) is 10.8. The number of esters is 1. The van der Waals surface area contributed by atoms with E-state index in [-0.39, 0.29) is 18.4 Å². The molecule has 4 heteroatoms. The molecular formula is C11H13NO3. The fraction of sp³-hybridized carbons (Fsp3) is 0.455. The minimum atomic E-state index is -0.298. The van der Waals surface area contributed by atoms with Crippen molar-refractivity contribution in [2.45, 2.75) is 32.9 Å². The molecule has 80 valence electrons. The Morgan fingerprint density at radius 1 is 1.53 bits per heavy atom. The molecular weight excluding hydrogens is 194 g/mol. The van der Waals surface area contributed by atoms with Gasteiger partial charge in [0.15, 0.2) is 5.78 Å². The molecule has 1 aromatic rings. The molecule has 0 N–H and O–H groups in total. The van der Waals surface area contributed by atoms with Gasteiger partial charge in [0, 0.05) is 19.9 Å². The van der Waals surface area contributed by atoms with Crippen molar-refractivity contribution in [3.05, 3.63) is 23.5 Å². The highest BCUT2D eigenvalue weighted by atomic mass is 16.5. The Hall–Kier alpha value is -1.58. The third-order valence-corrected chi connectivity index (χ3v) is 2.57. The van der Waals surface area contributed by atoms with E-state index in [0.29, 0.717) is 6.42 Å². The second-order valence-electron chi connectivity index (χ2n) is 3.67. The standard InChI is InChI=1S/C11H13NO3/c1-8(13)15-7-9-4-5-10-11(14)3-2-6-12(9)10/h4-5H,2-3,6-7H2,1H3. The van der Waals surface area contributed by atoms with Crippen LogP contribution in [0.5, 0.6) is 0 Å². The molecule has 0 aromatic carbocycles. The summed E-state index contributed by atoms with van der Waals surface area (Å²) in [7, 11) is 0. The summed E-state index contributed by atoms with van der Waals surface area (Å²) in [5.41, 5.74) is 1.64. The van der Waals surface area contributed by atoms with Crippen LogP contribution in [0.15, 0.2) is 12.1 Å². The summed E-state index contributed by atoms with van der Waals surface area (Å²) >= 11 is 0. The molecule has 1 aliphatic heterocycles. The number of carbonyl (C=O) groups is 2. The first-order valence-electron chi connectivity index (χ1n) is 5.03. The minimum absolute atomic E-state index is 0.176. The smallest absolute Gasteiger partial charge is 0.303 e. The maximum absolute atomic E-state index is 11.5.